The molecule has 0 amide bonds. The third-order valence-electron chi connectivity index (χ3n) is 7.24. The number of benzene rings is 3. The van der Waals surface area contributed by atoms with Gasteiger partial charge in [-0.05, 0) is 90.4 Å². The van der Waals surface area contributed by atoms with E-state index in [1.165, 1.54) is 19.1 Å². The van der Waals surface area contributed by atoms with Crippen molar-refractivity contribution in [3.63, 3.8) is 0 Å². The minimum Gasteiger partial charge on any atom is -0.374 e. The lowest BCUT2D eigenvalue weighted by Gasteiger charge is -2.17. The van der Waals surface area contributed by atoms with Crippen molar-refractivity contribution in [1.82, 2.24) is 9.97 Å². The SMILES string of the molecule is CC(OCC1CC1)c1cc(-c2cccc(/C=C(/c3ccc(S(C)(=O)=O)cc3)c3nccs3)c2)c2ncccc2c1. The van der Waals surface area contributed by atoms with Gasteiger partial charge in [0.15, 0.2) is 9.84 Å². The summed E-state index contributed by atoms with van der Waals surface area (Å²) in [5.41, 5.74) is 7.10. The van der Waals surface area contributed by atoms with Crippen LogP contribution in [0.3, 0.4) is 0 Å². The Hall–Kier alpha value is -3.65. The van der Waals surface area contributed by atoms with E-state index in [9.17, 15) is 8.42 Å². The summed E-state index contributed by atoms with van der Waals surface area (Å²) in [6.45, 7) is 2.94. The van der Waals surface area contributed by atoms with E-state index in [2.05, 4.69) is 60.4 Å². The molecular weight excluding hydrogens is 537 g/mol. The number of pyridine rings is 1. The molecule has 0 aliphatic heterocycles. The van der Waals surface area contributed by atoms with E-state index in [4.69, 9.17) is 9.72 Å². The molecule has 1 aliphatic carbocycles. The van der Waals surface area contributed by atoms with Crippen molar-refractivity contribution < 1.29 is 13.2 Å². The van der Waals surface area contributed by atoms with Gasteiger partial charge in [0.1, 0.15) is 5.01 Å². The van der Waals surface area contributed by atoms with E-state index < -0.39 is 9.84 Å². The zero-order chi connectivity index (χ0) is 27.7. The second-order valence-electron chi connectivity index (χ2n) is 10.4. The second kappa shape index (κ2) is 11.1. The number of rotatable bonds is 9. The number of nitrogens with zero attached hydrogens (tertiary/aromatic N) is 2. The van der Waals surface area contributed by atoms with Gasteiger partial charge < -0.3 is 4.74 Å². The van der Waals surface area contributed by atoms with Crippen LogP contribution in [0.25, 0.3) is 33.7 Å². The van der Waals surface area contributed by atoms with E-state index in [1.54, 1.807) is 29.7 Å². The molecule has 0 radical (unpaired) electrons. The Bertz CT molecular complexity index is 1790. The standard InChI is InChI=1S/C33H30N2O3S2/c1-22(38-21-23-8-9-23)28-19-27-7-4-14-34-32(27)30(20-28)26-6-3-5-24(17-26)18-31(33-35-15-16-39-33)25-10-12-29(13-11-25)40(2,36)37/h3-7,10-20,22-23H,8-9,21H2,1-2H3/b31-18-. The van der Waals surface area contributed by atoms with Crippen LogP contribution in [0.15, 0.2) is 95.5 Å². The lowest BCUT2D eigenvalue weighted by Crippen LogP contribution is -2.03. The maximum absolute atomic E-state index is 12.0. The largest absolute Gasteiger partial charge is 0.374 e. The van der Waals surface area contributed by atoms with Crippen molar-refractivity contribution in [2.75, 3.05) is 12.9 Å². The molecule has 1 fully saturated rings. The van der Waals surface area contributed by atoms with E-state index in [0.29, 0.717) is 10.8 Å². The summed E-state index contributed by atoms with van der Waals surface area (Å²) >= 11 is 1.55. The van der Waals surface area contributed by atoms with Crippen molar-refractivity contribution in [3.8, 4) is 11.1 Å². The molecule has 0 spiro atoms. The Balaban J connectivity index is 1.41. The van der Waals surface area contributed by atoms with Crippen LogP contribution >= 0.6 is 11.3 Å². The third kappa shape index (κ3) is 5.92. The van der Waals surface area contributed by atoms with Crippen molar-refractivity contribution in [3.05, 3.63) is 112 Å². The highest BCUT2D eigenvalue weighted by atomic mass is 32.2. The summed E-state index contributed by atoms with van der Waals surface area (Å²) in [5, 5.41) is 3.90. The molecule has 202 valence electrons. The van der Waals surface area contributed by atoms with Crippen LogP contribution in [0, 0.1) is 5.92 Å². The number of ether oxygens (including phenoxy) is 1. The molecule has 1 saturated carbocycles. The molecule has 6 rings (SSSR count). The monoisotopic (exact) mass is 566 g/mol. The molecule has 1 aliphatic rings. The minimum absolute atomic E-state index is 0.00144. The van der Waals surface area contributed by atoms with E-state index >= 15 is 0 Å². The third-order valence-corrected chi connectivity index (χ3v) is 9.18. The quantitative estimate of drug-likeness (QED) is 0.170. The fraction of sp³-hybridized carbons (Fsp3) is 0.212. The molecule has 1 atom stereocenters. The van der Waals surface area contributed by atoms with Gasteiger partial charge in [-0.3, -0.25) is 4.98 Å². The van der Waals surface area contributed by atoms with Crippen LogP contribution in [0.2, 0.25) is 0 Å². The molecule has 2 aromatic heterocycles. The molecule has 3 aromatic carbocycles. The molecule has 1 unspecified atom stereocenters. The smallest absolute Gasteiger partial charge is 0.175 e. The van der Waals surface area contributed by atoms with Gasteiger partial charge in [0, 0.05) is 40.6 Å². The van der Waals surface area contributed by atoms with Crippen LogP contribution < -0.4 is 0 Å². The highest BCUT2D eigenvalue weighted by Gasteiger charge is 2.23. The Morgan fingerprint density at radius 2 is 1.85 bits per heavy atom. The van der Waals surface area contributed by atoms with Gasteiger partial charge in [-0.1, -0.05) is 36.4 Å². The summed E-state index contributed by atoms with van der Waals surface area (Å²) in [5.74, 6) is 0.710. The highest BCUT2D eigenvalue weighted by molar-refractivity contribution is 7.90. The average Bonchev–Trinajstić information content (AvgIpc) is 3.64. The molecule has 0 N–H and O–H groups in total. The van der Waals surface area contributed by atoms with Gasteiger partial charge in [0.25, 0.3) is 0 Å². The van der Waals surface area contributed by atoms with Gasteiger partial charge in [0.2, 0.25) is 0 Å². The fourth-order valence-corrected chi connectivity index (χ4v) is 6.11. The Morgan fingerprint density at radius 1 is 1.02 bits per heavy atom. The molecule has 7 heteroatoms. The van der Waals surface area contributed by atoms with E-state index in [-0.39, 0.29) is 6.10 Å². The van der Waals surface area contributed by atoms with Crippen LogP contribution in [0.4, 0.5) is 0 Å². The maximum Gasteiger partial charge on any atom is 0.175 e. The molecule has 0 saturated heterocycles. The fourth-order valence-electron chi connectivity index (χ4n) is 4.80. The first-order valence-corrected chi connectivity index (χ1v) is 16.1. The molecule has 5 aromatic rings. The molecule has 0 bridgehead atoms. The Labute approximate surface area is 239 Å². The second-order valence-corrected chi connectivity index (χ2v) is 13.3. The van der Waals surface area contributed by atoms with Crippen LogP contribution in [-0.2, 0) is 14.6 Å². The topological polar surface area (TPSA) is 69.2 Å². The summed E-state index contributed by atoms with van der Waals surface area (Å²) in [6.07, 6.45) is 9.49. The van der Waals surface area contributed by atoms with Gasteiger partial charge in [-0.25, -0.2) is 13.4 Å². The van der Waals surface area contributed by atoms with Crippen molar-refractivity contribution in [2.24, 2.45) is 5.92 Å². The number of thiazole rings is 1. The highest BCUT2D eigenvalue weighted by Crippen LogP contribution is 2.35. The molecule has 5 nitrogen and oxygen atoms in total. The van der Waals surface area contributed by atoms with Crippen LogP contribution in [-0.4, -0.2) is 31.2 Å². The van der Waals surface area contributed by atoms with Crippen LogP contribution in [0.1, 0.15) is 47.6 Å². The number of fused-ring (bicyclic) bond motifs is 1. The average molecular weight is 567 g/mol. The minimum atomic E-state index is -3.27. The predicted molar refractivity (Wildman–Crippen MR) is 163 cm³/mol. The lowest BCUT2D eigenvalue weighted by atomic mass is 9.95. The first-order chi connectivity index (χ1) is 19.3. The number of hydrogen-bond acceptors (Lipinski definition) is 6. The summed E-state index contributed by atoms with van der Waals surface area (Å²) in [4.78, 5) is 9.59. The Kier molecular flexibility index (Phi) is 7.36. The molecular formula is C33H30N2O3S2. The van der Waals surface area contributed by atoms with Gasteiger partial charge >= 0.3 is 0 Å². The zero-order valence-electron chi connectivity index (χ0n) is 22.4. The summed E-state index contributed by atoms with van der Waals surface area (Å²) < 4.78 is 30.2. The molecule has 2 heterocycles. The number of sulfone groups is 1. The first kappa shape index (κ1) is 26.6. The van der Waals surface area contributed by atoms with Gasteiger partial charge in [0.05, 0.1) is 23.1 Å². The maximum atomic E-state index is 12.0. The molecule has 40 heavy (non-hydrogen) atoms. The van der Waals surface area contributed by atoms with E-state index in [1.807, 2.05) is 29.8 Å². The van der Waals surface area contributed by atoms with Gasteiger partial charge in [-0.2, -0.15) is 0 Å². The lowest BCUT2D eigenvalue weighted by molar-refractivity contribution is 0.0580. The number of hydrogen-bond donors (Lipinski definition) is 0. The van der Waals surface area contributed by atoms with Gasteiger partial charge in [-0.15, -0.1) is 11.3 Å². The van der Waals surface area contributed by atoms with Crippen molar-refractivity contribution in [2.45, 2.75) is 30.8 Å². The van der Waals surface area contributed by atoms with Crippen molar-refractivity contribution >= 4 is 43.7 Å². The number of aromatic nitrogens is 2. The summed E-state index contributed by atoms with van der Waals surface area (Å²) in [7, 11) is -3.27. The Morgan fingerprint density at radius 3 is 2.58 bits per heavy atom. The zero-order valence-corrected chi connectivity index (χ0v) is 24.1. The predicted octanol–water partition coefficient (Wildman–Crippen LogP) is 7.84. The summed E-state index contributed by atoms with van der Waals surface area (Å²) in [6, 6.07) is 23.9. The normalized spacial score (nSPS) is 14.9. The van der Waals surface area contributed by atoms with Crippen molar-refractivity contribution in [1.29, 1.82) is 0 Å². The van der Waals surface area contributed by atoms with Crippen LogP contribution in [0.5, 0.6) is 0 Å². The first-order valence-electron chi connectivity index (χ1n) is 13.4. The van der Waals surface area contributed by atoms with E-state index in [0.717, 1.165) is 55.9 Å².